The standard InChI is InChI=1S/C12H14FNO2/c1-2-5-14-7-10-8-15-11-4-3-9(13)6-12(11)16-10/h2-4,6,10,14H,1,5,7-8H2. The monoisotopic (exact) mass is 223 g/mol. The number of nitrogens with one attached hydrogen (secondary N) is 1. The molecule has 16 heavy (non-hydrogen) atoms. The van der Waals surface area contributed by atoms with E-state index in [0.717, 1.165) is 6.54 Å². The number of hydrogen-bond donors (Lipinski definition) is 1. The Kier molecular flexibility index (Phi) is 3.41. The molecule has 4 heteroatoms. The number of benzene rings is 1. The number of halogens is 1. The first kappa shape index (κ1) is 11.0. The number of fused-ring (bicyclic) bond motifs is 1. The van der Waals surface area contributed by atoms with E-state index in [1.54, 1.807) is 12.1 Å². The highest BCUT2D eigenvalue weighted by molar-refractivity contribution is 5.41. The van der Waals surface area contributed by atoms with Crippen LogP contribution in [-0.2, 0) is 0 Å². The Morgan fingerprint density at radius 3 is 3.19 bits per heavy atom. The maximum atomic E-state index is 13.0. The van der Waals surface area contributed by atoms with Crippen LogP contribution in [0, 0.1) is 5.82 Å². The van der Waals surface area contributed by atoms with E-state index in [0.29, 0.717) is 24.7 Å². The molecule has 0 aromatic heterocycles. The summed E-state index contributed by atoms with van der Waals surface area (Å²) in [6.45, 7) is 5.45. The smallest absolute Gasteiger partial charge is 0.164 e. The topological polar surface area (TPSA) is 30.5 Å². The lowest BCUT2D eigenvalue weighted by molar-refractivity contribution is 0.0906. The molecule has 0 saturated carbocycles. The average Bonchev–Trinajstić information content (AvgIpc) is 2.29. The molecule has 0 fully saturated rings. The van der Waals surface area contributed by atoms with Crippen molar-refractivity contribution >= 4 is 0 Å². The molecule has 1 aliphatic heterocycles. The van der Waals surface area contributed by atoms with Crippen molar-refractivity contribution < 1.29 is 13.9 Å². The third kappa shape index (κ3) is 2.52. The van der Waals surface area contributed by atoms with Crippen LogP contribution in [0.2, 0.25) is 0 Å². The molecule has 1 heterocycles. The Morgan fingerprint density at radius 2 is 2.38 bits per heavy atom. The highest BCUT2D eigenvalue weighted by Gasteiger charge is 2.20. The van der Waals surface area contributed by atoms with Crippen LogP contribution in [0.4, 0.5) is 4.39 Å². The van der Waals surface area contributed by atoms with Gasteiger partial charge in [-0.2, -0.15) is 0 Å². The van der Waals surface area contributed by atoms with Gasteiger partial charge in [0.05, 0.1) is 0 Å². The molecule has 86 valence electrons. The summed E-state index contributed by atoms with van der Waals surface area (Å²) >= 11 is 0. The molecular weight excluding hydrogens is 209 g/mol. The molecule has 2 rings (SSSR count). The second-order valence-corrected chi connectivity index (χ2v) is 3.59. The Balaban J connectivity index is 1.97. The molecule has 0 amide bonds. The van der Waals surface area contributed by atoms with Crippen molar-refractivity contribution in [2.24, 2.45) is 0 Å². The van der Waals surface area contributed by atoms with Gasteiger partial charge in [0, 0.05) is 19.2 Å². The molecule has 0 bridgehead atoms. The fourth-order valence-electron chi connectivity index (χ4n) is 1.54. The molecular formula is C12H14FNO2. The third-order valence-electron chi connectivity index (χ3n) is 2.28. The summed E-state index contributed by atoms with van der Waals surface area (Å²) in [4.78, 5) is 0. The molecule has 0 aliphatic carbocycles. The second kappa shape index (κ2) is 4.99. The number of hydrogen-bond acceptors (Lipinski definition) is 3. The predicted octanol–water partition coefficient (Wildman–Crippen LogP) is 1.74. The summed E-state index contributed by atoms with van der Waals surface area (Å²) in [7, 11) is 0. The van der Waals surface area contributed by atoms with Crippen LogP contribution >= 0.6 is 0 Å². The largest absolute Gasteiger partial charge is 0.486 e. The molecule has 1 aromatic rings. The minimum absolute atomic E-state index is 0.0887. The van der Waals surface area contributed by atoms with Crippen LogP contribution in [0.5, 0.6) is 11.5 Å². The van der Waals surface area contributed by atoms with Gasteiger partial charge in [0.15, 0.2) is 11.5 Å². The molecule has 1 aliphatic rings. The first-order valence-corrected chi connectivity index (χ1v) is 5.20. The van der Waals surface area contributed by atoms with Gasteiger partial charge in [0.1, 0.15) is 18.5 Å². The molecule has 3 nitrogen and oxygen atoms in total. The minimum atomic E-state index is -0.318. The van der Waals surface area contributed by atoms with Crippen LogP contribution in [0.3, 0.4) is 0 Å². The molecule has 1 N–H and O–H groups in total. The van der Waals surface area contributed by atoms with Gasteiger partial charge in [0.2, 0.25) is 0 Å². The third-order valence-corrected chi connectivity index (χ3v) is 2.28. The fraction of sp³-hybridized carbons (Fsp3) is 0.333. The van der Waals surface area contributed by atoms with Gasteiger partial charge >= 0.3 is 0 Å². The Labute approximate surface area is 93.9 Å². The lowest BCUT2D eigenvalue weighted by Gasteiger charge is -2.26. The van der Waals surface area contributed by atoms with Crippen molar-refractivity contribution in [1.29, 1.82) is 0 Å². The van der Waals surface area contributed by atoms with E-state index in [1.807, 2.05) is 0 Å². The molecule has 1 atom stereocenters. The van der Waals surface area contributed by atoms with Gasteiger partial charge < -0.3 is 14.8 Å². The van der Waals surface area contributed by atoms with Crippen LogP contribution in [0.25, 0.3) is 0 Å². The summed E-state index contributed by atoms with van der Waals surface area (Å²) in [5.74, 6) is 0.750. The van der Waals surface area contributed by atoms with Crippen molar-refractivity contribution in [3.8, 4) is 11.5 Å². The minimum Gasteiger partial charge on any atom is -0.486 e. The SMILES string of the molecule is C=CCNCC1COc2ccc(F)cc2O1. The maximum Gasteiger partial charge on any atom is 0.164 e. The van der Waals surface area contributed by atoms with Gasteiger partial charge in [-0.15, -0.1) is 6.58 Å². The van der Waals surface area contributed by atoms with E-state index in [1.165, 1.54) is 12.1 Å². The van der Waals surface area contributed by atoms with Crippen molar-refractivity contribution in [3.05, 3.63) is 36.7 Å². The van der Waals surface area contributed by atoms with Crippen molar-refractivity contribution in [1.82, 2.24) is 5.32 Å². The van der Waals surface area contributed by atoms with Crippen molar-refractivity contribution in [3.63, 3.8) is 0 Å². The number of ether oxygens (including phenoxy) is 2. The zero-order chi connectivity index (χ0) is 11.4. The molecule has 1 aromatic carbocycles. The van der Waals surface area contributed by atoms with Gasteiger partial charge in [0.25, 0.3) is 0 Å². The summed E-state index contributed by atoms with van der Waals surface area (Å²) in [6.07, 6.45) is 1.69. The van der Waals surface area contributed by atoms with E-state index in [4.69, 9.17) is 9.47 Å². The van der Waals surface area contributed by atoms with Gasteiger partial charge in [-0.05, 0) is 12.1 Å². The van der Waals surface area contributed by atoms with Gasteiger partial charge in [-0.3, -0.25) is 0 Å². The average molecular weight is 223 g/mol. The van der Waals surface area contributed by atoms with Gasteiger partial charge in [-0.25, -0.2) is 4.39 Å². The van der Waals surface area contributed by atoms with E-state index in [-0.39, 0.29) is 11.9 Å². The zero-order valence-corrected chi connectivity index (χ0v) is 8.91. The van der Waals surface area contributed by atoms with E-state index in [9.17, 15) is 4.39 Å². The first-order chi connectivity index (χ1) is 7.79. The summed E-state index contributed by atoms with van der Waals surface area (Å²) in [6, 6.07) is 4.28. The Hall–Kier alpha value is -1.55. The summed E-state index contributed by atoms with van der Waals surface area (Å²) in [5.41, 5.74) is 0. The van der Waals surface area contributed by atoms with Crippen LogP contribution in [0.15, 0.2) is 30.9 Å². The van der Waals surface area contributed by atoms with Crippen LogP contribution < -0.4 is 14.8 Å². The number of rotatable bonds is 4. The molecule has 1 unspecified atom stereocenters. The maximum absolute atomic E-state index is 13.0. The predicted molar refractivity (Wildman–Crippen MR) is 59.4 cm³/mol. The lowest BCUT2D eigenvalue weighted by atomic mass is 10.2. The Bertz CT molecular complexity index is 381. The molecule has 0 radical (unpaired) electrons. The zero-order valence-electron chi connectivity index (χ0n) is 8.91. The van der Waals surface area contributed by atoms with E-state index in [2.05, 4.69) is 11.9 Å². The molecule has 0 spiro atoms. The summed E-state index contributed by atoms with van der Waals surface area (Å²) in [5, 5.41) is 3.13. The van der Waals surface area contributed by atoms with Crippen molar-refractivity contribution in [2.45, 2.75) is 6.10 Å². The van der Waals surface area contributed by atoms with Gasteiger partial charge in [-0.1, -0.05) is 6.08 Å². The Morgan fingerprint density at radius 1 is 1.50 bits per heavy atom. The normalized spacial score (nSPS) is 18.2. The second-order valence-electron chi connectivity index (χ2n) is 3.59. The van der Waals surface area contributed by atoms with Crippen LogP contribution in [0.1, 0.15) is 0 Å². The highest BCUT2D eigenvalue weighted by Crippen LogP contribution is 2.31. The van der Waals surface area contributed by atoms with E-state index < -0.39 is 0 Å². The summed E-state index contributed by atoms with van der Waals surface area (Å²) < 4.78 is 24.0. The van der Waals surface area contributed by atoms with Crippen molar-refractivity contribution in [2.75, 3.05) is 19.7 Å². The lowest BCUT2D eigenvalue weighted by Crippen LogP contribution is -2.38. The fourth-order valence-corrected chi connectivity index (χ4v) is 1.54. The van der Waals surface area contributed by atoms with E-state index >= 15 is 0 Å². The highest BCUT2D eigenvalue weighted by atomic mass is 19.1. The first-order valence-electron chi connectivity index (χ1n) is 5.20. The molecule has 0 saturated heterocycles. The van der Waals surface area contributed by atoms with Crippen LogP contribution in [-0.4, -0.2) is 25.8 Å². The quantitative estimate of drug-likeness (QED) is 0.623.